The fourth-order valence-electron chi connectivity index (χ4n) is 2.79. The number of nitrogens with one attached hydrogen (secondary N) is 1. The van der Waals surface area contributed by atoms with E-state index in [9.17, 15) is 9.59 Å². The first-order valence-electron chi connectivity index (χ1n) is 8.68. The second-order valence-electron chi connectivity index (χ2n) is 6.23. The minimum Gasteiger partial charge on any atom is -0.301 e. The van der Waals surface area contributed by atoms with Crippen molar-refractivity contribution in [3.63, 3.8) is 0 Å². The van der Waals surface area contributed by atoms with Gasteiger partial charge >= 0.3 is 5.69 Å². The smallest absolute Gasteiger partial charge is 0.301 e. The van der Waals surface area contributed by atoms with Crippen LogP contribution in [-0.4, -0.2) is 14.5 Å². The molecule has 1 N–H and O–H groups in total. The number of H-pyrrole nitrogens is 1. The Kier molecular flexibility index (Phi) is 5.27. The van der Waals surface area contributed by atoms with Crippen molar-refractivity contribution in [2.24, 2.45) is 0 Å². The number of aromatic nitrogens is 3. The van der Waals surface area contributed by atoms with Crippen LogP contribution in [0.5, 0.6) is 0 Å². The maximum atomic E-state index is 12.7. The Morgan fingerprint density at radius 2 is 1.71 bits per heavy atom. The molecule has 4 aromatic rings. The lowest BCUT2D eigenvalue weighted by molar-refractivity contribution is 0.671. The molecule has 0 aliphatic heterocycles. The quantitative estimate of drug-likeness (QED) is 0.504. The van der Waals surface area contributed by atoms with Crippen LogP contribution in [0.4, 0.5) is 0 Å². The van der Waals surface area contributed by atoms with Crippen LogP contribution >= 0.6 is 23.1 Å². The Bertz CT molecular complexity index is 1210. The molecule has 140 valence electrons. The zero-order chi connectivity index (χ0) is 19.5. The summed E-state index contributed by atoms with van der Waals surface area (Å²) < 4.78 is 2.00. The average Bonchev–Trinajstić information content (AvgIpc) is 3.19. The molecule has 0 fully saturated rings. The van der Waals surface area contributed by atoms with E-state index in [1.807, 2.05) is 66.0 Å². The number of nitrogens with zero attached hydrogens (tertiary/aromatic N) is 2. The molecular formula is C21H17N3O2S2. The van der Waals surface area contributed by atoms with E-state index in [4.69, 9.17) is 0 Å². The van der Waals surface area contributed by atoms with E-state index in [-0.39, 0.29) is 12.1 Å². The lowest BCUT2D eigenvalue weighted by Gasteiger charge is -2.09. The van der Waals surface area contributed by atoms with Crippen LogP contribution in [0.3, 0.4) is 0 Å². The maximum Gasteiger partial charge on any atom is 0.329 e. The molecule has 0 saturated heterocycles. The van der Waals surface area contributed by atoms with Crippen molar-refractivity contribution >= 4 is 23.1 Å². The highest BCUT2D eigenvalue weighted by molar-refractivity contribution is 8.01. The summed E-state index contributed by atoms with van der Waals surface area (Å²) in [5.74, 6) is 0. The molecule has 0 aliphatic rings. The van der Waals surface area contributed by atoms with Gasteiger partial charge in [0.1, 0.15) is 0 Å². The van der Waals surface area contributed by atoms with Crippen molar-refractivity contribution in [3.05, 3.63) is 98.0 Å². The molecule has 0 aliphatic carbocycles. The van der Waals surface area contributed by atoms with E-state index in [0.717, 1.165) is 21.2 Å². The average molecular weight is 408 g/mol. The second kappa shape index (κ2) is 8.00. The third kappa shape index (κ3) is 3.85. The van der Waals surface area contributed by atoms with Gasteiger partial charge in [-0.05, 0) is 24.2 Å². The summed E-state index contributed by atoms with van der Waals surface area (Å²) in [5, 5.41) is 2.51. The van der Waals surface area contributed by atoms with Crippen molar-refractivity contribution in [1.29, 1.82) is 0 Å². The Labute approximate surface area is 169 Å². The van der Waals surface area contributed by atoms with Crippen LogP contribution in [0, 0.1) is 6.92 Å². The lowest BCUT2D eigenvalue weighted by Crippen LogP contribution is -2.37. The summed E-state index contributed by atoms with van der Waals surface area (Å²) in [7, 11) is 0. The predicted molar refractivity (Wildman–Crippen MR) is 113 cm³/mol. The molecule has 2 heterocycles. The van der Waals surface area contributed by atoms with Crippen LogP contribution in [0.15, 0.2) is 85.0 Å². The molecule has 0 radical (unpaired) electrons. The molecule has 28 heavy (non-hydrogen) atoms. The number of hydrogen-bond donors (Lipinski definition) is 1. The zero-order valence-electron chi connectivity index (χ0n) is 15.1. The van der Waals surface area contributed by atoms with Crippen molar-refractivity contribution in [2.45, 2.75) is 22.8 Å². The minimum atomic E-state index is -0.415. The van der Waals surface area contributed by atoms with Crippen LogP contribution in [0.1, 0.15) is 11.1 Å². The summed E-state index contributed by atoms with van der Waals surface area (Å²) in [4.78, 5) is 32.7. The van der Waals surface area contributed by atoms with Gasteiger partial charge in [-0.2, -0.15) is 0 Å². The molecule has 0 bridgehead atoms. The highest BCUT2D eigenvalue weighted by atomic mass is 32.2. The van der Waals surface area contributed by atoms with Crippen molar-refractivity contribution in [1.82, 2.24) is 14.5 Å². The summed E-state index contributed by atoms with van der Waals surface area (Å²) in [6.07, 6.45) is 0. The van der Waals surface area contributed by atoms with Gasteiger partial charge in [0.25, 0.3) is 5.56 Å². The molecule has 0 saturated carbocycles. The molecule has 4 rings (SSSR count). The van der Waals surface area contributed by atoms with Gasteiger partial charge in [-0.25, -0.2) is 9.78 Å². The fourth-order valence-corrected chi connectivity index (χ4v) is 4.63. The van der Waals surface area contributed by atoms with Gasteiger partial charge in [-0.3, -0.25) is 9.36 Å². The molecule has 7 heteroatoms. The van der Waals surface area contributed by atoms with Crippen LogP contribution in [0.25, 0.3) is 11.3 Å². The summed E-state index contributed by atoms with van der Waals surface area (Å²) >= 11 is 2.80. The fraction of sp³-hybridized carbons (Fsp3) is 0.0952. The van der Waals surface area contributed by atoms with Gasteiger partial charge in [-0.1, -0.05) is 60.7 Å². The number of benzene rings is 2. The van der Waals surface area contributed by atoms with Crippen molar-refractivity contribution in [3.8, 4) is 11.3 Å². The monoisotopic (exact) mass is 407 g/mol. The molecule has 2 aromatic heterocycles. The summed E-state index contributed by atoms with van der Waals surface area (Å²) in [6.45, 7) is 1.98. The minimum absolute atomic E-state index is 0.246. The van der Waals surface area contributed by atoms with E-state index in [1.165, 1.54) is 27.7 Å². The first kappa shape index (κ1) is 18.5. The van der Waals surface area contributed by atoms with Gasteiger partial charge in [0.05, 0.1) is 17.3 Å². The standard InChI is InChI=1S/C21H17N3O2S2/c1-14-18(28-21-22-17(13-27-21)16-10-6-3-7-11-16)23-20(26)24(19(14)25)12-15-8-4-2-5-9-15/h2-11,13H,12H2,1H3,(H,23,26). The zero-order valence-corrected chi connectivity index (χ0v) is 16.7. The number of rotatable bonds is 5. The molecular weight excluding hydrogens is 390 g/mol. The predicted octanol–water partition coefficient (Wildman–Crippen LogP) is 4.17. The molecule has 0 unspecified atom stereocenters. The van der Waals surface area contributed by atoms with Gasteiger partial charge in [0.2, 0.25) is 0 Å². The van der Waals surface area contributed by atoms with E-state index in [1.54, 1.807) is 6.92 Å². The third-order valence-corrected chi connectivity index (χ3v) is 6.35. The second-order valence-corrected chi connectivity index (χ2v) is 8.34. The molecule has 0 atom stereocenters. The van der Waals surface area contributed by atoms with Gasteiger partial charge in [-0.15, -0.1) is 11.3 Å². The maximum absolute atomic E-state index is 12.7. The first-order chi connectivity index (χ1) is 13.6. The topological polar surface area (TPSA) is 67.8 Å². The van der Waals surface area contributed by atoms with Gasteiger partial charge < -0.3 is 4.98 Å². The number of thiazole rings is 1. The SMILES string of the molecule is Cc1c(Sc2nc(-c3ccccc3)cs2)[nH]c(=O)n(Cc2ccccc2)c1=O. The Hall–Kier alpha value is -2.90. The van der Waals surface area contributed by atoms with E-state index in [2.05, 4.69) is 9.97 Å². The third-order valence-electron chi connectivity index (χ3n) is 4.30. The Balaban J connectivity index is 1.62. The highest BCUT2D eigenvalue weighted by Crippen LogP contribution is 2.32. The molecule has 0 amide bonds. The van der Waals surface area contributed by atoms with E-state index in [0.29, 0.717) is 10.6 Å². The molecule has 5 nitrogen and oxygen atoms in total. The largest absolute Gasteiger partial charge is 0.329 e. The molecule has 0 spiro atoms. The van der Waals surface area contributed by atoms with E-state index < -0.39 is 5.69 Å². The lowest BCUT2D eigenvalue weighted by atomic mass is 10.2. The van der Waals surface area contributed by atoms with Crippen molar-refractivity contribution in [2.75, 3.05) is 0 Å². The van der Waals surface area contributed by atoms with Gasteiger partial charge in [0, 0.05) is 16.5 Å². The Morgan fingerprint density at radius 3 is 2.43 bits per heavy atom. The normalized spacial score (nSPS) is 10.9. The Morgan fingerprint density at radius 1 is 1.04 bits per heavy atom. The summed E-state index contributed by atoms with van der Waals surface area (Å²) in [5.41, 5.74) is 2.63. The van der Waals surface area contributed by atoms with Crippen LogP contribution in [0.2, 0.25) is 0 Å². The first-order valence-corrected chi connectivity index (χ1v) is 10.4. The van der Waals surface area contributed by atoms with Crippen molar-refractivity contribution < 1.29 is 0 Å². The van der Waals surface area contributed by atoms with Crippen LogP contribution < -0.4 is 11.2 Å². The van der Waals surface area contributed by atoms with Gasteiger partial charge in [0.15, 0.2) is 4.34 Å². The van der Waals surface area contributed by atoms with E-state index >= 15 is 0 Å². The van der Waals surface area contributed by atoms with Crippen LogP contribution in [-0.2, 0) is 6.54 Å². The summed E-state index contributed by atoms with van der Waals surface area (Å²) in [6, 6.07) is 19.4. The number of aromatic amines is 1. The highest BCUT2D eigenvalue weighted by Gasteiger charge is 2.14. The number of hydrogen-bond acceptors (Lipinski definition) is 5. The molecule has 2 aromatic carbocycles.